The molecule has 0 spiro atoms. The van der Waals surface area contributed by atoms with E-state index in [0.29, 0.717) is 12.3 Å². The summed E-state index contributed by atoms with van der Waals surface area (Å²) in [5.74, 6) is 2.37. The molecular formula is C20H29ClN6O. The van der Waals surface area contributed by atoms with Gasteiger partial charge in [0.2, 0.25) is 5.78 Å². The third kappa shape index (κ3) is 3.79. The van der Waals surface area contributed by atoms with E-state index in [2.05, 4.69) is 24.8 Å². The number of likely N-dealkylation sites (tertiary alicyclic amines) is 1. The van der Waals surface area contributed by atoms with Crippen LogP contribution in [0.25, 0.3) is 16.7 Å². The average Bonchev–Trinajstić information content (AvgIpc) is 3.11. The lowest BCUT2D eigenvalue weighted by Crippen LogP contribution is -2.34. The highest BCUT2D eigenvalue weighted by Crippen LogP contribution is 2.22. The topological polar surface area (TPSA) is 67.5 Å². The Balaban J connectivity index is 0.00000225. The van der Waals surface area contributed by atoms with E-state index in [9.17, 15) is 4.79 Å². The van der Waals surface area contributed by atoms with E-state index in [1.54, 1.807) is 4.57 Å². The van der Waals surface area contributed by atoms with E-state index in [1.165, 1.54) is 19.3 Å². The summed E-state index contributed by atoms with van der Waals surface area (Å²) in [7, 11) is 2.02. The van der Waals surface area contributed by atoms with Crippen LogP contribution in [0.2, 0.25) is 0 Å². The van der Waals surface area contributed by atoms with Crippen LogP contribution in [-0.2, 0) is 13.1 Å². The molecule has 0 atom stereocenters. The van der Waals surface area contributed by atoms with E-state index >= 15 is 0 Å². The molecule has 1 saturated heterocycles. The Morgan fingerprint density at radius 1 is 1.18 bits per heavy atom. The molecule has 152 valence electrons. The number of hydrogen-bond acceptors (Lipinski definition) is 5. The van der Waals surface area contributed by atoms with E-state index in [-0.39, 0.29) is 18.0 Å². The van der Waals surface area contributed by atoms with Crippen LogP contribution in [-0.4, -0.2) is 50.7 Å². The first-order valence-corrected chi connectivity index (χ1v) is 9.95. The number of halogens is 1. The first-order valence-electron chi connectivity index (χ1n) is 9.95. The maximum absolute atomic E-state index is 12.8. The summed E-state index contributed by atoms with van der Waals surface area (Å²) in [6.45, 7) is 6.61. The van der Waals surface area contributed by atoms with Crippen LogP contribution >= 0.6 is 12.4 Å². The first-order chi connectivity index (χ1) is 13.2. The second-order valence-corrected chi connectivity index (χ2v) is 7.43. The van der Waals surface area contributed by atoms with Crippen LogP contribution in [0.3, 0.4) is 0 Å². The van der Waals surface area contributed by atoms with E-state index in [4.69, 9.17) is 0 Å². The minimum atomic E-state index is 0. The van der Waals surface area contributed by atoms with Crippen LogP contribution in [0.1, 0.15) is 32.0 Å². The lowest BCUT2D eigenvalue weighted by Gasteiger charge is -2.31. The Hall–Kier alpha value is -1.96. The summed E-state index contributed by atoms with van der Waals surface area (Å²) >= 11 is 0. The summed E-state index contributed by atoms with van der Waals surface area (Å²) < 4.78 is 3.77. The lowest BCUT2D eigenvalue weighted by molar-refractivity contribution is 0.168. The molecule has 28 heavy (non-hydrogen) atoms. The molecule has 0 amide bonds. The maximum atomic E-state index is 12.8. The molecule has 3 aromatic rings. The second-order valence-electron chi connectivity index (χ2n) is 7.43. The van der Waals surface area contributed by atoms with Gasteiger partial charge in [-0.3, -0.25) is 18.7 Å². The molecule has 1 aliphatic rings. The Morgan fingerprint density at radius 3 is 2.64 bits per heavy atom. The number of piperidine rings is 1. The summed E-state index contributed by atoms with van der Waals surface area (Å²) in [5, 5.41) is 12.8. The summed E-state index contributed by atoms with van der Waals surface area (Å²) in [5.41, 5.74) is 0.899. The number of aromatic nitrogens is 4. The van der Waals surface area contributed by atoms with Crippen molar-refractivity contribution in [2.24, 2.45) is 5.92 Å². The zero-order valence-electron chi connectivity index (χ0n) is 16.6. The minimum absolute atomic E-state index is 0. The van der Waals surface area contributed by atoms with E-state index in [1.807, 2.05) is 38.2 Å². The van der Waals surface area contributed by atoms with Gasteiger partial charge in [0.25, 0.3) is 5.56 Å². The van der Waals surface area contributed by atoms with Gasteiger partial charge in [-0.05, 0) is 70.9 Å². The van der Waals surface area contributed by atoms with Gasteiger partial charge in [0.05, 0.1) is 17.4 Å². The molecular weight excluding hydrogens is 376 g/mol. The maximum Gasteiger partial charge on any atom is 0.262 e. The van der Waals surface area contributed by atoms with Crippen molar-refractivity contribution in [1.82, 2.24) is 29.4 Å². The Labute approximate surface area is 171 Å². The molecule has 0 bridgehead atoms. The van der Waals surface area contributed by atoms with Gasteiger partial charge in [-0.25, -0.2) is 0 Å². The Bertz CT molecular complexity index is 989. The summed E-state index contributed by atoms with van der Waals surface area (Å²) in [6.07, 6.45) is 3.73. The van der Waals surface area contributed by atoms with Gasteiger partial charge in [0.1, 0.15) is 0 Å². The van der Waals surface area contributed by atoms with Gasteiger partial charge in [-0.1, -0.05) is 12.1 Å². The summed E-state index contributed by atoms with van der Waals surface area (Å²) in [6, 6.07) is 7.75. The van der Waals surface area contributed by atoms with Crippen LogP contribution in [0, 0.1) is 5.92 Å². The predicted octanol–water partition coefficient (Wildman–Crippen LogP) is 2.31. The number of hydrogen-bond donors (Lipinski definition) is 1. The molecule has 0 unspecified atom stereocenters. The fourth-order valence-corrected chi connectivity index (χ4v) is 4.18. The highest BCUT2D eigenvalue weighted by molar-refractivity contribution is 5.85. The Kier molecular flexibility index (Phi) is 6.69. The number of para-hydroxylation sites is 1. The van der Waals surface area contributed by atoms with Crippen molar-refractivity contribution in [3.8, 4) is 0 Å². The van der Waals surface area contributed by atoms with Crippen molar-refractivity contribution in [2.75, 3.05) is 26.7 Å². The molecule has 1 aliphatic heterocycles. The molecule has 4 rings (SSSR count). The standard InChI is InChI=1S/C20H28N6O.ClH/c1-3-25-19(27)16-6-4-5-7-17(16)26-18(22-23-20(25)26)14-24-12-9-15(10-13-24)8-11-21-2;/h4-7,15,21H,3,8-14H2,1-2H3;1H. The van der Waals surface area contributed by atoms with E-state index in [0.717, 1.165) is 48.8 Å². The third-order valence-corrected chi connectivity index (χ3v) is 5.77. The largest absolute Gasteiger partial charge is 0.320 e. The molecule has 7 nitrogen and oxygen atoms in total. The van der Waals surface area contributed by atoms with Crippen molar-refractivity contribution in [3.05, 3.63) is 40.4 Å². The SMILES string of the molecule is CCn1c(=O)c2ccccc2n2c(CN3CCC(CCNC)CC3)nnc12.Cl. The van der Waals surface area contributed by atoms with Gasteiger partial charge in [0, 0.05) is 6.54 Å². The van der Waals surface area contributed by atoms with Crippen LogP contribution in [0.4, 0.5) is 0 Å². The van der Waals surface area contributed by atoms with Crippen LogP contribution in [0.15, 0.2) is 29.1 Å². The molecule has 1 N–H and O–H groups in total. The number of nitrogens with zero attached hydrogens (tertiary/aromatic N) is 5. The number of benzene rings is 1. The van der Waals surface area contributed by atoms with Crippen molar-refractivity contribution >= 4 is 29.1 Å². The van der Waals surface area contributed by atoms with Gasteiger partial charge >= 0.3 is 0 Å². The van der Waals surface area contributed by atoms with Crippen molar-refractivity contribution in [3.63, 3.8) is 0 Å². The Morgan fingerprint density at radius 2 is 1.93 bits per heavy atom. The lowest BCUT2D eigenvalue weighted by atomic mass is 9.93. The summed E-state index contributed by atoms with van der Waals surface area (Å²) in [4.78, 5) is 15.2. The average molecular weight is 405 g/mol. The molecule has 0 aliphatic carbocycles. The molecule has 0 radical (unpaired) electrons. The number of rotatable bonds is 6. The fraction of sp³-hybridized carbons (Fsp3) is 0.550. The highest BCUT2D eigenvalue weighted by atomic mass is 35.5. The molecule has 2 aromatic heterocycles. The fourth-order valence-electron chi connectivity index (χ4n) is 4.18. The third-order valence-electron chi connectivity index (χ3n) is 5.77. The zero-order chi connectivity index (χ0) is 18.8. The molecule has 8 heteroatoms. The molecule has 0 saturated carbocycles. The first kappa shape index (κ1) is 20.8. The van der Waals surface area contributed by atoms with Crippen molar-refractivity contribution < 1.29 is 0 Å². The van der Waals surface area contributed by atoms with Gasteiger partial charge in [-0.15, -0.1) is 22.6 Å². The number of aryl methyl sites for hydroxylation is 1. The second kappa shape index (κ2) is 9.03. The monoisotopic (exact) mass is 404 g/mol. The number of nitrogens with one attached hydrogen (secondary N) is 1. The molecule has 3 heterocycles. The van der Waals surface area contributed by atoms with Crippen LogP contribution in [0.5, 0.6) is 0 Å². The van der Waals surface area contributed by atoms with Gasteiger partial charge in [-0.2, -0.15) is 0 Å². The quantitative estimate of drug-likeness (QED) is 0.682. The van der Waals surface area contributed by atoms with Gasteiger partial charge < -0.3 is 5.32 Å². The number of fused-ring (bicyclic) bond motifs is 3. The van der Waals surface area contributed by atoms with Crippen LogP contribution < -0.4 is 10.9 Å². The van der Waals surface area contributed by atoms with Crippen molar-refractivity contribution in [2.45, 2.75) is 39.3 Å². The van der Waals surface area contributed by atoms with Gasteiger partial charge in [0.15, 0.2) is 5.82 Å². The minimum Gasteiger partial charge on any atom is -0.320 e. The molecule has 1 fully saturated rings. The van der Waals surface area contributed by atoms with E-state index < -0.39 is 0 Å². The molecule has 1 aromatic carbocycles. The smallest absolute Gasteiger partial charge is 0.262 e. The van der Waals surface area contributed by atoms with Crippen molar-refractivity contribution in [1.29, 1.82) is 0 Å². The zero-order valence-corrected chi connectivity index (χ0v) is 17.4. The normalized spacial score (nSPS) is 15.9. The predicted molar refractivity (Wildman–Crippen MR) is 114 cm³/mol. The highest BCUT2D eigenvalue weighted by Gasteiger charge is 2.22.